The van der Waals surface area contributed by atoms with Crippen molar-refractivity contribution in [2.75, 3.05) is 0 Å². The summed E-state index contributed by atoms with van der Waals surface area (Å²) in [6.07, 6.45) is 7.40. The van der Waals surface area contributed by atoms with Crippen molar-refractivity contribution in [3.63, 3.8) is 0 Å². The van der Waals surface area contributed by atoms with Crippen LogP contribution in [0.5, 0.6) is 5.75 Å². The molecule has 108 valence electrons. The van der Waals surface area contributed by atoms with Crippen LogP contribution in [0.1, 0.15) is 51.5 Å². The van der Waals surface area contributed by atoms with Gasteiger partial charge in [-0.25, -0.2) is 0 Å². The second-order valence-electron chi connectivity index (χ2n) is 6.14. The summed E-state index contributed by atoms with van der Waals surface area (Å²) in [5.74, 6) is 1.30. The van der Waals surface area contributed by atoms with Gasteiger partial charge in [0.15, 0.2) is 0 Å². The Bertz CT molecular complexity index is 542. The number of unbranched alkanes of at least 4 members (excludes halogenated alkanes) is 3. The molecular weight excluding hydrogens is 244 g/mol. The number of hydrogen-bond donors (Lipinski definition) is 1. The minimum Gasteiger partial charge on any atom is -0.507 e. The van der Waals surface area contributed by atoms with Crippen LogP contribution in [0.15, 0.2) is 36.4 Å². The summed E-state index contributed by atoms with van der Waals surface area (Å²) in [6.45, 7) is 4.57. The number of phenolic OH excluding ortho intramolecular Hbond substituents is 1. The number of benzene rings is 2. The van der Waals surface area contributed by atoms with Gasteiger partial charge in [0, 0.05) is 5.39 Å². The molecule has 2 aromatic rings. The van der Waals surface area contributed by atoms with Crippen LogP contribution in [0.2, 0.25) is 0 Å². The Hall–Kier alpha value is -1.50. The molecule has 1 heteroatoms. The van der Waals surface area contributed by atoms with Gasteiger partial charge >= 0.3 is 0 Å². The fourth-order valence-electron chi connectivity index (χ4n) is 2.72. The largest absolute Gasteiger partial charge is 0.507 e. The number of aromatic hydroxyl groups is 1. The van der Waals surface area contributed by atoms with Crippen LogP contribution >= 0.6 is 0 Å². The third kappa shape index (κ3) is 4.00. The lowest BCUT2D eigenvalue weighted by atomic mass is 9.99. The molecule has 0 spiro atoms. The minimum atomic E-state index is 0.477. The Kier molecular flexibility index (Phi) is 5.46. The maximum absolute atomic E-state index is 10.3. The van der Waals surface area contributed by atoms with E-state index in [1.165, 1.54) is 32.1 Å². The molecule has 1 N–H and O–H groups in total. The second kappa shape index (κ2) is 7.33. The Morgan fingerprint density at radius 3 is 2.45 bits per heavy atom. The van der Waals surface area contributed by atoms with Crippen LogP contribution in [-0.4, -0.2) is 5.11 Å². The van der Waals surface area contributed by atoms with Crippen LogP contribution < -0.4 is 0 Å². The zero-order valence-electron chi connectivity index (χ0n) is 12.7. The molecule has 0 radical (unpaired) electrons. The Balaban J connectivity index is 1.86. The summed E-state index contributed by atoms with van der Waals surface area (Å²) in [5, 5.41) is 12.4. The molecule has 1 nitrogen and oxygen atoms in total. The molecule has 0 atom stereocenters. The highest BCUT2D eigenvalue weighted by Gasteiger charge is 2.05. The van der Waals surface area contributed by atoms with Gasteiger partial charge in [0.2, 0.25) is 0 Å². The first kappa shape index (κ1) is 14.9. The molecule has 2 rings (SSSR count). The number of hydrogen-bond acceptors (Lipinski definition) is 1. The number of fused-ring (bicyclic) bond motifs is 1. The number of phenols is 1. The Labute approximate surface area is 122 Å². The predicted octanol–water partition coefficient (Wildman–Crippen LogP) is 5.69. The quantitative estimate of drug-likeness (QED) is 0.640. The van der Waals surface area contributed by atoms with E-state index in [9.17, 15) is 5.11 Å². The van der Waals surface area contributed by atoms with Gasteiger partial charge in [0.05, 0.1) is 0 Å². The van der Waals surface area contributed by atoms with E-state index in [2.05, 4.69) is 26.0 Å². The minimum absolute atomic E-state index is 0.477. The highest BCUT2D eigenvalue weighted by molar-refractivity contribution is 5.89. The summed E-state index contributed by atoms with van der Waals surface area (Å²) in [6, 6.07) is 12.2. The standard InChI is InChI=1S/C19H26O/c1-15(2)9-5-3-4-6-11-17-14-13-16-10-7-8-12-18(16)19(17)20/h7-8,10,12-15,20H,3-6,9,11H2,1-2H3. The Morgan fingerprint density at radius 1 is 0.900 bits per heavy atom. The summed E-state index contributed by atoms with van der Waals surface area (Å²) in [4.78, 5) is 0. The van der Waals surface area contributed by atoms with Crippen molar-refractivity contribution in [1.82, 2.24) is 0 Å². The molecule has 0 bridgehead atoms. The maximum Gasteiger partial charge on any atom is 0.126 e. The summed E-state index contributed by atoms with van der Waals surface area (Å²) >= 11 is 0. The van der Waals surface area contributed by atoms with E-state index in [-0.39, 0.29) is 0 Å². The van der Waals surface area contributed by atoms with Crippen molar-refractivity contribution < 1.29 is 5.11 Å². The van der Waals surface area contributed by atoms with Crippen LogP contribution in [0.25, 0.3) is 10.8 Å². The second-order valence-corrected chi connectivity index (χ2v) is 6.14. The fraction of sp³-hybridized carbons (Fsp3) is 0.474. The van der Waals surface area contributed by atoms with E-state index < -0.39 is 0 Å². The average Bonchev–Trinajstić information content (AvgIpc) is 2.45. The van der Waals surface area contributed by atoms with Crippen LogP contribution in [0, 0.1) is 5.92 Å². The molecule has 0 saturated carbocycles. The van der Waals surface area contributed by atoms with Crippen molar-refractivity contribution in [3.8, 4) is 5.75 Å². The van der Waals surface area contributed by atoms with Crippen molar-refractivity contribution in [2.24, 2.45) is 5.92 Å². The molecule has 0 aliphatic heterocycles. The van der Waals surface area contributed by atoms with E-state index in [0.717, 1.165) is 28.7 Å². The van der Waals surface area contributed by atoms with E-state index in [1.54, 1.807) is 0 Å². The third-order valence-corrected chi connectivity index (χ3v) is 3.96. The van der Waals surface area contributed by atoms with Crippen molar-refractivity contribution in [3.05, 3.63) is 42.0 Å². The molecule has 0 amide bonds. The fourth-order valence-corrected chi connectivity index (χ4v) is 2.72. The van der Waals surface area contributed by atoms with Gasteiger partial charge in [-0.3, -0.25) is 0 Å². The summed E-state index contributed by atoms with van der Waals surface area (Å²) in [5.41, 5.74) is 1.09. The lowest BCUT2D eigenvalue weighted by Gasteiger charge is -2.08. The van der Waals surface area contributed by atoms with Crippen LogP contribution in [-0.2, 0) is 6.42 Å². The molecule has 0 aromatic heterocycles. The van der Waals surface area contributed by atoms with E-state index in [4.69, 9.17) is 0 Å². The monoisotopic (exact) mass is 270 g/mol. The first-order valence-electron chi connectivity index (χ1n) is 7.88. The molecular formula is C19H26O. The molecule has 0 aliphatic carbocycles. The predicted molar refractivity (Wildman–Crippen MR) is 87.2 cm³/mol. The van der Waals surface area contributed by atoms with Crippen molar-refractivity contribution >= 4 is 10.8 Å². The highest BCUT2D eigenvalue weighted by Crippen LogP contribution is 2.29. The molecule has 2 aromatic carbocycles. The number of rotatable bonds is 7. The van der Waals surface area contributed by atoms with Crippen molar-refractivity contribution in [1.29, 1.82) is 0 Å². The van der Waals surface area contributed by atoms with Crippen LogP contribution in [0.4, 0.5) is 0 Å². The first-order valence-corrected chi connectivity index (χ1v) is 7.88. The van der Waals surface area contributed by atoms with Gasteiger partial charge in [0.25, 0.3) is 0 Å². The lowest BCUT2D eigenvalue weighted by molar-refractivity contribution is 0.471. The molecule has 0 saturated heterocycles. The normalized spacial score (nSPS) is 11.3. The van der Waals surface area contributed by atoms with Gasteiger partial charge in [-0.1, -0.05) is 75.9 Å². The zero-order chi connectivity index (χ0) is 14.4. The van der Waals surface area contributed by atoms with Gasteiger partial charge in [0.1, 0.15) is 5.75 Å². The summed E-state index contributed by atoms with van der Waals surface area (Å²) in [7, 11) is 0. The molecule has 0 aliphatic rings. The lowest BCUT2D eigenvalue weighted by Crippen LogP contribution is -1.90. The maximum atomic E-state index is 10.3. The molecule has 0 heterocycles. The Morgan fingerprint density at radius 2 is 1.65 bits per heavy atom. The van der Waals surface area contributed by atoms with Gasteiger partial charge in [-0.2, -0.15) is 0 Å². The van der Waals surface area contributed by atoms with Gasteiger partial charge in [-0.05, 0) is 29.7 Å². The van der Waals surface area contributed by atoms with Crippen LogP contribution in [0.3, 0.4) is 0 Å². The first-order chi connectivity index (χ1) is 9.68. The number of aryl methyl sites for hydroxylation is 1. The zero-order valence-corrected chi connectivity index (χ0v) is 12.7. The van der Waals surface area contributed by atoms with Crippen molar-refractivity contribution in [2.45, 2.75) is 52.4 Å². The van der Waals surface area contributed by atoms with E-state index in [0.29, 0.717) is 5.75 Å². The topological polar surface area (TPSA) is 20.2 Å². The van der Waals surface area contributed by atoms with E-state index >= 15 is 0 Å². The molecule has 0 fully saturated rings. The third-order valence-electron chi connectivity index (χ3n) is 3.96. The average molecular weight is 270 g/mol. The SMILES string of the molecule is CC(C)CCCCCCc1ccc2ccccc2c1O. The van der Waals surface area contributed by atoms with E-state index in [1.807, 2.05) is 24.3 Å². The molecule has 0 unspecified atom stereocenters. The van der Waals surface area contributed by atoms with Gasteiger partial charge < -0.3 is 5.11 Å². The summed E-state index contributed by atoms with van der Waals surface area (Å²) < 4.78 is 0. The highest BCUT2D eigenvalue weighted by atomic mass is 16.3. The molecule has 20 heavy (non-hydrogen) atoms. The smallest absolute Gasteiger partial charge is 0.126 e. The van der Waals surface area contributed by atoms with Gasteiger partial charge in [-0.15, -0.1) is 0 Å².